The SMILES string of the molecule is CN1C(=O)[C@H](c2ccccc2)CC12CCN(Cc1cccc(C#N)c1)CC2. The minimum atomic E-state index is -0.0113. The molecule has 1 atom stereocenters. The summed E-state index contributed by atoms with van der Waals surface area (Å²) in [5.74, 6) is 0.256. The zero-order chi connectivity index (χ0) is 18.9. The Hall–Kier alpha value is -2.64. The fourth-order valence-corrected chi connectivity index (χ4v) is 4.68. The molecule has 0 bridgehead atoms. The van der Waals surface area contributed by atoms with Gasteiger partial charge in [0.15, 0.2) is 0 Å². The Balaban J connectivity index is 1.43. The summed E-state index contributed by atoms with van der Waals surface area (Å²) in [5.41, 5.74) is 3.03. The number of benzene rings is 2. The number of amides is 1. The Morgan fingerprint density at radius 1 is 1.11 bits per heavy atom. The number of hydrogen-bond donors (Lipinski definition) is 0. The molecule has 2 fully saturated rings. The van der Waals surface area contributed by atoms with Crippen LogP contribution < -0.4 is 0 Å². The molecule has 0 saturated carbocycles. The highest BCUT2D eigenvalue weighted by molar-refractivity contribution is 5.87. The van der Waals surface area contributed by atoms with Gasteiger partial charge < -0.3 is 4.90 Å². The summed E-state index contributed by atoms with van der Waals surface area (Å²) in [6, 6.07) is 20.3. The number of likely N-dealkylation sites (tertiary alicyclic amines) is 2. The van der Waals surface area contributed by atoms with E-state index in [0.717, 1.165) is 44.5 Å². The van der Waals surface area contributed by atoms with Crippen molar-refractivity contribution in [1.29, 1.82) is 5.26 Å². The number of hydrogen-bond acceptors (Lipinski definition) is 3. The van der Waals surface area contributed by atoms with E-state index in [1.54, 1.807) is 0 Å². The summed E-state index contributed by atoms with van der Waals surface area (Å²) in [7, 11) is 1.98. The van der Waals surface area contributed by atoms with Crippen LogP contribution >= 0.6 is 0 Å². The Bertz CT molecular complexity index is 863. The summed E-state index contributed by atoms with van der Waals surface area (Å²) >= 11 is 0. The molecule has 2 aliphatic rings. The average molecular weight is 359 g/mol. The van der Waals surface area contributed by atoms with E-state index in [-0.39, 0.29) is 17.4 Å². The summed E-state index contributed by atoms with van der Waals surface area (Å²) in [5, 5.41) is 9.08. The lowest BCUT2D eigenvalue weighted by Gasteiger charge is -2.43. The number of likely N-dealkylation sites (N-methyl/N-ethyl adjacent to an activating group) is 1. The van der Waals surface area contributed by atoms with Gasteiger partial charge in [0.05, 0.1) is 17.6 Å². The average Bonchev–Trinajstić information content (AvgIpc) is 2.96. The molecule has 2 saturated heterocycles. The second kappa shape index (κ2) is 7.17. The number of carbonyl (C=O) groups excluding carboxylic acids is 1. The van der Waals surface area contributed by atoms with E-state index in [0.29, 0.717) is 5.56 Å². The van der Waals surface area contributed by atoms with Gasteiger partial charge in [-0.25, -0.2) is 0 Å². The van der Waals surface area contributed by atoms with Crippen molar-refractivity contribution < 1.29 is 4.79 Å². The van der Waals surface area contributed by atoms with Gasteiger partial charge in [-0.3, -0.25) is 9.69 Å². The third-order valence-electron chi connectivity index (χ3n) is 6.38. The normalized spacial score (nSPS) is 22.1. The maximum Gasteiger partial charge on any atom is 0.230 e. The van der Waals surface area contributed by atoms with E-state index in [1.807, 2.05) is 48.3 Å². The van der Waals surface area contributed by atoms with Crippen molar-refractivity contribution in [3.05, 3.63) is 71.3 Å². The van der Waals surface area contributed by atoms with Gasteiger partial charge in [0.2, 0.25) is 5.91 Å². The van der Waals surface area contributed by atoms with Crippen molar-refractivity contribution >= 4 is 5.91 Å². The summed E-state index contributed by atoms with van der Waals surface area (Å²) in [6.07, 6.45) is 2.94. The third kappa shape index (κ3) is 3.36. The van der Waals surface area contributed by atoms with E-state index in [4.69, 9.17) is 5.26 Å². The van der Waals surface area contributed by atoms with E-state index in [9.17, 15) is 4.79 Å². The Kier molecular flexibility index (Phi) is 4.72. The van der Waals surface area contributed by atoms with E-state index in [2.05, 4.69) is 29.2 Å². The van der Waals surface area contributed by atoms with Crippen LogP contribution in [-0.2, 0) is 11.3 Å². The van der Waals surface area contributed by atoms with Crippen molar-refractivity contribution in [2.45, 2.75) is 37.3 Å². The van der Waals surface area contributed by atoms with Crippen molar-refractivity contribution in [1.82, 2.24) is 9.80 Å². The minimum absolute atomic E-state index is 0.00457. The van der Waals surface area contributed by atoms with Crippen LogP contribution in [0.25, 0.3) is 0 Å². The Morgan fingerprint density at radius 2 is 1.85 bits per heavy atom. The van der Waals surface area contributed by atoms with Crippen LogP contribution in [0.4, 0.5) is 0 Å². The first-order chi connectivity index (χ1) is 13.1. The molecular weight excluding hydrogens is 334 g/mol. The molecule has 2 heterocycles. The molecule has 1 amide bonds. The maximum absolute atomic E-state index is 12.9. The van der Waals surface area contributed by atoms with Crippen molar-refractivity contribution in [2.75, 3.05) is 20.1 Å². The summed E-state index contributed by atoms with van der Waals surface area (Å²) < 4.78 is 0. The lowest BCUT2D eigenvalue weighted by atomic mass is 9.81. The predicted molar refractivity (Wildman–Crippen MR) is 105 cm³/mol. The predicted octanol–water partition coefficient (Wildman–Crippen LogP) is 3.54. The largest absolute Gasteiger partial charge is 0.339 e. The van der Waals surface area contributed by atoms with Gasteiger partial charge in [-0.1, -0.05) is 42.5 Å². The second-order valence-electron chi connectivity index (χ2n) is 7.88. The molecule has 4 heteroatoms. The first-order valence-corrected chi connectivity index (χ1v) is 9.65. The molecule has 138 valence electrons. The molecule has 0 aromatic heterocycles. The van der Waals surface area contributed by atoms with Crippen LogP contribution in [0.3, 0.4) is 0 Å². The van der Waals surface area contributed by atoms with Gasteiger partial charge >= 0.3 is 0 Å². The molecule has 4 nitrogen and oxygen atoms in total. The molecule has 4 rings (SSSR count). The number of rotatable bonds is 3. The van der Waals surface area contributed by atoms with Crippen LogP contribution in [0, 0.1) is 11.3 Å². The molecule has 2 aliphatic heterocycles. The summed E-state index contributed by atoms with van der Waals surface area (Å²) in [6.45, 7) is 2.83. The highest BCUT2D eigenvalue weighted by atomic mass is 16.2. The van der Waals surface area contributed by atoms with Crippen LogP contribution in [0.1, 0.15) is 41.9 Å². The highest BCUT2D eigenvalue weighted by Gasteiger charge is 2.50. The molecule has 2 aromatic rings. The van der Waals surface area contributed by atoms with Crippen LogP contribution in [-0.4, -0.2) is 41.4 Å². The van der Waals surface area contributed by atoms with Gasteiger partial charge in [-0.15, -0.1) is 0 Å². The molecule has 1 spiro atoms. The van der Waals surface area contributed by atoms with E-state index < -0.39 is 0 Å². The number of piperidine rings is 1. The molecule has 0 N–H and O–H groups in total. The van der Waals surface area contributed by atoms with Crippen LogP contribution in [0.15, 0.2) is 54.6 Å². The monoisotopic (exact) mass is 359 g/mol. The first kappa shape index (κ1) is 17.8. The third-order valence-corrected chi connectivity index (χ3v) is 6.38. The van der Waals surface area contributed by atoms with E-state index in [1.165, 1.54) is 5.56 Å². The quantitative estimate of drug-likeness (QED) is 0.842. The number of nitrogens with zero attached hydrogens (tertiary/aromatic N) is 3. The Labute approximate surface area is 161 Å². The number of nitriles is 1. The van der Waals surface area contributed by atoms with Crippen molar-refractivity contribution in [3.63, 3.8) is 0 Å². The van der Waals surface area contributed by atoms with Crippen LogP contribution in [0.2, 0.25) is 0 Å². The second-order valence-corrected chi connectivity index (χ2v) is 7.88. The van der Waals surface area contributed by atoms with Gasteiger partial charge in [-0.05, 0) is 42.5 Å². The molecule has 0 unspecified atom stereocenters. The zero-order valence-electron chi connectivity index (χ0n) is 15.8. The maximum atomic E-state index is 12.9. The molecule has 0 aliphatic carbocycles. The lowest BCUT2D eigenvalue weighted by Crippen LogP contribution is -2.51. The first-order valence-electron chi connectivity index (χ1n) is 9.65. The smallest absolute Gasteiger partial charge is 0.230 e. The van der Waals surface area contributed by atoms with Gasteiger partial charge in [0, 0.05) is 32.2 Å². The van der Waals surface area contributed by atoms with E-state index >= 15 is 0 Å². The van der Waals surface area contributed by atoms with Crippen molar-refractivity contribution in [3.8, 4) is 6.07 Å². The van der Waals surface area contributed by atoms with Gasteiger partial charge in [0.1, 0.15) is 0 Å². The lowest BCUT2D eigenvalue weighted by molar-refractivity contribution is -0.131. The molecular formula is C23H25N3O. The minimum Gasteiger partial charge on any atom is -0.339 e. The number of carbonyl (C=O) groups is 1. The molecule has 27 heavy (non-hydrogen) atoms. The zero-order valence-corrected chi connectivity index (χ0v) is 15.8. The Morgan fingerprint density at radius 3 is 2.56 bits per heavy atom. The molecule has 2 aromatic carbocycles. The fourth-order valence-electron chi connectivity index (χ4n) is 4.68. The molecule has 0 radical (unpaired) electrons. The van der Waals surface area contributed by atoms with Crippen LogP contribution in [0.5, 0.6) is 0 Å². The topological polar surface area (TPSA) is 47.3 Å². The van der Waals surface area contributed by atoms with Crippen molar-refractivity contribution in [2.24, 2.45) is 0 Å². The highest BCUT2D eigenvalue weighted by Crippen LogP contribution is 2.44. The van der Waals surface area contributed by atoms with Gasteiger partial charge in [0.25, 0.3) is 0 Å². The van der Waals surface area contributed by atoms with Gasteiger partial charge in [-0.2, -0.15) is 5.26 Å². The fraction of sp³-hybridized carbons (Fsp3) is 0.391. The summed E-state index contributed by atoms with van der Waals surface area (Å²) in [4.78, 5) is 17.4. The standard InChI is InChI=1S/C23H25N3O/c1-25-22(27)21(20-8-3-2-4-9-20)15-23(25)10-12-26(13-11-23)17-19-7-5-6-18(14-19)16-24/h2-9,14,21H,10-13,15,17H2,1H3/t21-/m0/s1.